The van der Waals surface area contributed by atoms with Crippen molar-refractivity contribution in [1.29, 1.82) is 5.26 Å². The van der Waals surface area contributed by atoms with Gasteiger partial charge in [0.1, 0.15) is 5.75 Å². The van der Waals surface area contributed by atoms with Gasteiger partial charge in [0, 0.05) is 18.4 Å². The number of benzene rings is 1. The Balaban J connectivity index is 2.44. The summed E-state index contributed by atoms with van der Waals surface area (Å²) in [6.45, 7) is 0. The highest BCUT2D eigenvalue weighted by atomic mass is 16.5. The predicted molar refractivity (Wildman–Crippen MR) is 61.4 cm³/mol. The molecule has 0 N–H and O–H groups in total. The maximum atomic E-state index is 11.7. The zero-order chi connectivity index (χ0) is 11.8. The zero-order valence-electron chi connectivity index (χ0n) is 9.40. The molecule has 0 amide bonds. The molecule has 0 saturated carbocycles. The number of carbonyl (C=O) groups excluding carboxylic acids is 1. The lowest BCUT2D eigenvalue weighted by atomic mass is 10.0. The van der Waals surface area contributed by atoms with Crippen molar-refractivity contribution in [3.8, 4) is 11.8 Å². The molecule has 0 heterocycles. The lowest BCUT2D eigenvalue weighted by molar-refractivity contribution is 0.0979. The van der Waals surface area contributed by atoms with Crippen LogP contribution in [-0.4, -0.2) is 12.9 Å². The second kappa shape index (κ2) is 6.62. The lowest BCUT2D eigenvalue weighted by Gasteiger charge is -2.02. The summed E-state index contributed by atoms with van der Waals surface area (Å²) >= 11 is 0. The first-order valence-electron chi connectivity index (χ1n) is 5.32. The van der Waals surface area contributed by atoms with Crippen molar-refractivity contribution < 1.29 is 9.53 Å². The van der Waals surface area contributed by atoms with Gasteiger partial charge in [-0.05, 0) is 37.1 Å². The summed E-state index contributed by atoms with van der Waals surface area (Å²) in [4.78, 5) is 11.7. The van der Waals surface area contributed by atoms with Crippen molar-refractivity contribution >= 4 is 5.78 Å². The molecule has 3 nitrogen and oxygen atoms in total. The van der Waals surface area contributed by atoms with E-state index in [1.54, 1.807) is 31.4 Å². The highest BCUT2D eigenvalue weighted by molar-refractivity contribution is 5.96. The first kappa shape index (κ1) is 12.3. The zero-order valence-corrected chi connectivity index (χ0v) is 9.40. The number of methoxy groups -OCH3 is 1. The van der Waals surface area contributed by atoms with Crippen LogP contribution in [0.2, 0.25) is 0 Å². The van der Waals surface area contributed by atoms with Crippen molar-refractivity contribution in [3.63, 3.8) is 0 Å². The molecule has 0 aliphatic heterocycles. The van der Waals surface area contributed by atoms with E-state index in [0.29, 0.717) is 18.4 Å². The quantitative estimate of drug-likeness (QED) is 0.543. The van der Waals surface area contributed by atoms with E-state index in [0.717, 1.165) is 18.6 Å². The van der Waals surface area contributed by atoms with Crippen molar-refractivity contribution in [2.45, 2.75) is 25.7 Å². The largest absolute Gasteiger partial charge is 0.497 e. The average Bonchev–Trinajstić information content (AvgIpc) is 2.34. The fraction of sp³-hybridized carbons (Fsp3) is 0.385. The molecule has 1 aromatic rings. The SMILES string of the molecule is COc1ccc(C(=O)CCCCC#N)cc1. The van der Waals surface area contributed by atoms with Crippen LogP contribution in [0.5, 0.6) is 5.75 Å². The number of rotatable bonds is 6. The van der Waals surface area contributed by atoms with Crippen LogP contribution in [-0.2, 0) is 0 Å². The highest BCUT2D eigenvalue weighted by Crippen LogP contribution is 2.13. The molecule has 0 radical (unpaired) electrons. The molecule has 0 fully saturated rings. The summed E-state index contributed by atoms with van der Waals surface area (Å²) in [7, 11) is 1.60. The minimum atomic E-state index is 0.126. The molecule has 0 bridgehead atoms. The highest BCUT2D eigenvalue weighted by Gasteiger charge is 2.05. The summed E-state index contributed by atoms with van der Waals surface area (Å²) in [5, 5.41) is 8.36. The Bertz CT molecular complexity index is 376. The average molecular weight is 217 g/mol. The van der Waals surface area contributed by atoms with Crippen LogP contribution in [0.3, 0.4) is 0 Å². The molecule has 0 aliphatic carbocycles. The number of ketones is 1. The molecule has 0 unspecified atom stereocenters. The molecule has 0 aromatic heterocycles. The van der Waals surface area contributed by atoms with Crippen LogP contribution < -0.4 is 4.74 Å². The van der Waals surface area contributed by atoms with Crippen molar-refractivity contribution in [3.05, 3.63) is 29.8 Å². The summed E-state index contributed by atoms with van der Waals surface area (Å²) in [5.41, 5.74) is 0.706. The van der Waals surface area contributed by atoms with E-state index >= 15 is 0 Å². The van der Waals surface area contributed by atoms with E-state index < -0.39 is 0 Å². The fourth-order valence-electron chi connectivity index (χ4n) is 1.41. The molecular formula is C13H15NO2. The number of nitrogens with zero attached hydrogens (tertiary/aromatic N) is 1. The predicted octanol–water partition coefficient (Wildman–Crippen LogP) is 2.96. The molecule has 3 heteroatoms. The molecule has 0 aliphatic rings. The topological polar surface area (TPSA) is 50.1 Å². The smallest absolute Gasteiger partial charge is 0.162 e. The Labute approximate surface area is 95.7 Å². The molecule has 0 spiro atoms. The Morgan fingerprint density at radius 1 is 1.31 bits per heavy atom. The van der Waals surface area contributed by atoms with Gasteiger partial charge in [0.05, 0.1) is 13.2 Å². The maximum Gasteiger partial charge on any atom is 0.162 e. The number of nitriles is 1. The van der Waals surface area contributed by atoms with Gasteiger partial charge in [-0.15, -0.1) is 0 Å². The molecular weight excluding hydrogens is 202 g/mol. The molecule has 1 aromatic carbocycles. The number of carbonyl (C=O) groups is 1. The second-order valence-electron chi connectivity index (χ2n) is 3.52. The van der Waals surface area contributed by atoms with E-state index in [4.69, 9.17) is 10.00 Å². The van der Waals surface area contributed by atoms with Gasteiger partial charge in [-0.2, -0.15) is 5.26 Å². The van der Waals surface area contributed by atoms with Crippen LogP contribution in [0.4, 0.5) is 0 Å². The molecule has 16 heavy (non-hydrogen) atoms. The number of unbranched alkanes of at least 4 members (excludes halogenated alkanes) is 2. The van der Waals surface area contributed by atoms with Gasteiger partial charge in [0.15, 0.2) is 5.78 Å². The summed E-state index contributed by atoms with van der Waals surface area (Å²) in [6.07, 6.45) is 2.60. The number of hydrogen-bond donors (Lipinski definition) is 0. The monoisotopic (exact) mass is 217 g/mol. The standard InChI is InChI=1S/C13H15NO2/c1-16-12-8-6-11(7-9-12)13(15)5-3-2-4-10-14/h6-9H,2-5H2,1H3. The van der Waals surface area contributed by atoms with Crippen molar-refractivity contribution in [2.75, 3.05) is 7.11 Å². The number of hydrogen-bond acceptors (Lipinski definition) is 3. The third kappa shape index (κ3) is 3.74. The van der Waals surface area contributed by atoms with E-state index in [9.17, 15) is 4.79 Å². The third-order valence-electron chi connectivity index (χ3n) is 2.35. The molecule has 1 rings (SSSR count). The third-order valence-corrected chi connectivity index (χ3v) is 2.35. The van der Waals surface area contributed by atoms with Crippen LogP contribution in [0.15, 0.2) is 24.3 Å². The Morgan fingerprint density at radius 3 is 2.56 bits per heavy atom. The van der Waals surface area contributed by atoms with Crippen LogP contribution in [0.25, 0.3) is 0 Å². The number of ether oxygens (including phenoxy) is 1. The van der Waals surface area contributed by atoms with Gasteiger partial charge in [-0.3, -0.25) is 4.79 Å². The molecule has 0 atom stereocenters. The van der Waals surface area contributed by atoms with Gasteiger partial charge in [0.2, 0.25) is 0 Å². The Hall–Kier alpha value is -1.82. The fourth-order valence-corrected chi connectivity index (χ4v) is 1.41. The van der Waals surface area contributed by atoms with Gasteiger partial charge >= 0.3 is 0 Å². The van der Waals surface area contributed by atoms with Crippen LogP contribution in [0.1, 0.15) is 36.0 Å². The van der Waals surface area contributed by atoms with Crippen LogP contribution >= 0.6 is 0 Å². The van der Waals surface area contributed by atoms with E-state index in [-0.39, 0.29) is 5.78 Å². The minimum Gasteiger partial charge on any atom is -0.497 e. The lowest BCUT2D eigenvalue weighted by Crippen LogP contribution is -1.98. The minimum absolute atomic E-state index is 0.126. The normalized spacial score (nSPS) is 9.50. The Kier molecular flexibility index (Phi) is 5.07. The van der Waals surface area contributed by atoms with Crippen molar-refractivity contribution in [1.82, 2.24) is 0 Å². The number of Topliss-reactive ketones (excluding diaryl/α,β-unsaturated/α-hetero) is 1. The summed E-state index contributed by atoms with van der Waals surface area (Å²) in [5.74, 6) is 0.877. The van der Waals surface area contributed by atoms with Gasteiger partial charge in [-0.1, -0.05) is 0 Å². The van der Waals surface area contributed by atoms with E-state index in [1.807, 2.05) is 0 Å². The first-order chi connectivity index (χ1) is 7.77. The van der Waals surface area contributed by atoms with E-state index in [2.05, 4.69) is 6.07 Å². The van der Waals surface area contributed by atoms with Crippen LogP contribution in [0, 0.1) is 11.3 Å². The Morgan fingerprint density at radius 2 is 2.00 bits per heavy atom. The summed E-state index contributed by atoms with van der Waals surface area (Å²) in [6, 6.07) is 9.17. The van der Waals surface area contributed by atoms with Gasteiger partial charge in [0.25, 0.3) is 0 Å². The van der Waals surface area contributed by atoms with Gasteiger partial charge < -0.3 is 4.74 Å². The molecule has 0 saturated heterocycles. The maximum absolute atomic E-state index is 11.7. The van der Waals surface area contributed by atoms with Gasteiger partial charge in [-0.25, -0.2) is 0 Å². The van der Waals surface area contributed by atoms with Crippen molar-refractivity contribution in [2.24, 2.45) is 0 Å². The summed E-state index contributed by atoms with van der Waals surface area (Å²) < 4.78 is 5.01. The second-order valence-corrected chi connectivity index (χ2v) is 3.52. The molecule has 84 valence electrons. The van der Waals surface area contributed by atoms with E-state index in [1.165, 1.54) is 0 Å². The first-order valence-corrected chi connectivity index (χ1v) is 5.32.